The smallest absolute Gasteiger partial charge is 0.152 e. The fourth-order valence-corrected chi connectivity index (χ4v) is 3.16. The lowest BCUT2D eigenvalue weighted by Gasteiger charge is -2.07. The molecule has 0 aliphatic rings. The summed E-state index contributed by atoms with van der Waals surface area (Å²) in [4.78, 5) is 9.42. The van der Waals surface area contributed by atoms with Crippen LogP contribution in [0.15, 0.2) is 36.0 Å². The Kier molecular flexibility index (Phi) is 3.38. The van der Waals surface area contributed by atoms with E-state index in [1.54, 1.807) is 11.3 Å². The second-order valence-corrected chi connectivity index (χ2v) is 5.83. The molecule has 102 valence electrons. The van der Waals surface area contributed by atoms with Crippen LogP contribution in [0.4, 0.5) is 5.82 Å². The van der Waals surface area contributed by atoms with Crippen molar-refractivity contribution in [1.82, 2.24) is 9.97 Å². The molecule has 0 spiro atoms. The summed E-state index contributed by atoms with van der Waals surface area (Å²) in [6.45, 7) is 4.39. The maximum atomic E-state index is 5.55. The average Bonchev–Trinajstić information content (AvgIpc) is 2.91. The Bertz CT molecular complexity index is 731. The van der Waals surface area contributed by atoms with Gasteiger partial charge in [-0.1, -0.05) is 38.1 Å². The standard InChI is InChI=1S/C15H16N4S/c1-9(2)10-3-5-11(6-4-10)12-7-20-15-13(12)14(19-16)17-8-18-15/h3-9H,16H2,1-2H3,(H,17,18,19). The van der Waals surface area contributed by atoms with Gasteiger partial charge in [0.25, 0.3) is 0 Å². The highest BCUT2D eigenvalue weighted by Crippen LogP contribution is 2.36. The molecule has 0 fully saturated rings. The number of aromatic nitrogens is 2. The van der Waals surface area contributed by atoms with Gasteiger partial charge in [0.2, 0.25) is 0 Å². The molecule has 1 aromatic carbocycles. The molecule has 2 aromatic heterocycles. The molecule has 0 bridgehead atoms. The maximum absolute atomic E-state index is 5.55. The van der Waals surface area contributed by atoms with Crippen LogP contribution in [0.5, 0.6) is 0 Å². The summed E-state index contributed by atoms with van der Waals surface area (Å²) < 4.78 is 0. The summed E-state index contributed by atoms with van der Waals surface area (Å²) in [7, 11) is 0. The number of thiophene rings is 1. The number of rotatable bonds is 3. The van der Waals surface area contributed by atoms with Crippen LogP contribution in [-0.4, -0.2) is 9.97 Å². The van der Waals surface area contributed by atoms with Gasteiger partial charge in [-0.25, -0.2) is 15.8 Å². The maximum Gasteiger partial charge on any atom is 0.152 e. The van der Waals surface area contributed by atoms with Gasteiger partial charge in [-0.2, -0.15) is 0 Å². The van der Waals surface area contributed by atoms with Gasteiger partial charge in [0.15, 0.2) is 5.82 Å². The number of nitrogen functional groups attached to an aromatic ring is 1. The Morgan fingerprint density at radius 2 is 1.90 bits per heavy atom. The van der Waals surface area contributed by atoms with E-state index in [4.69, 9.17) is 5.84 Å². The summed E-state index contributed by atoms with van der Waals surface area (Å²) in [6, 6.07) is 8.62. The van der Waals surface area contributed by atoms with Crippen LogP contribution in [0.1, 0.15) is 25.3 Å². The first kappa shape index (κ1) is 13.0. The molecule has 0 radical (unpaired) electrons. The van der Waals surface area contributed by atoms with E-state index in [2.05, 4.69) is 58.9 Å². The van der Waals surface area contributed by atoms with Gasteiger partial charge in [-0.05, 0) is 17.0 Å². The second kappa shape index (κ2) is 5.19. The average molecular weight is 284 g/mol. The molecule has 0 saturated carbocycles. The first-order chi connectivity index (χ1) is 9.70. The van der Waals surface area contributed by atoms with E-state index in [-0.39, 0.29) is 0 Å². The number of nitrogens with zero attached hydrogens (tertiary/aromatic N) is 2. The van der Waals surface area contributed by atoms with E-state index in [0.29, 0.717) is 11.7 Å². The number of hydrogen-bond donors (Lipinski definition) is 2. The molecule has 3 N–H and O–H groups in total. The fourth-order valence-electron chi connectivity index (χ4n) is 2.24. The highest BCUT2D eigenvalue weighted by atomic mass is 32.1. The van der Waals surface area contributed by atoms with Crippen molar-refractivity contribution >= 4 is 27.4 Å². The van der Waals surface area contributed by atoms with Crippen LogP contribution in [0.2, 0.25) is 0 Å². The minimum absolute atomic E-state index is 0.535. The lowest BCUT2D eigenvalue weighted by Crippen LogP contribution is -2.09. The first-order valence-corrected chi connectivity index (χ1v) is 7.38. The Morgan fingerprint density at radius 3 is 2.55 bits per heavy atom. The largest absolute Gasteiger partial charge is 0.308 e. The molecular weight excluding hydrogens is 268 g/mol. The lowest BCUT2D eigenvalue weighted by molar-refractivity contribution is 0.867. The van der Waals surface area contributed by atoms with Gasteiger partial charge in [0, 0.05) is 10.9 Å². The molecule has 20 heavy (non-hydrogen) atoms. The number of nitrogens with two attached hydrogens (primary N) is 1. The number of hydrogen-bond acceptors (Lipinski definition) is 5. The zero-order valence-corrected chi connectivity index (χ0v) is 12.2. The summed E-state index contributed by atoms with van der Waals surface area (Å²) in [5, 5.41) is 3.09. The number of benzene rings is 1. The predicted molar refractivity (Wildman–Crippen MR) is 84.8 cm³/mol. The third-order valence-electron chi connectivity index (χ3n) is 3.40. The fraction of sp³-hybridized carbons (Fsp3) is 0.200. The van der Waals surface area contributed by atoms with E-state index in [1.807, 2.05) is 0 Å². The van der Waals surface area contributed by atoms with Gasteiger partial charge in [-0.3, -0.25) is 0 Å². The van der Waals surface area contributed by atoms with Crippen LogP contribution in [-0.2, 0) is 0 Å². The van der Waals surface area contributed by atoms with Crippen molar-refractivity contribution in [2.75, 3.05) is 5.43 Å². The number of nitrogens with one attached hydrogen (secondary N) is 1. The van der Waals surface area contributed by atoms with Crippen LogP contribution in [0.3, 0.4) is 0 Å². The van der Waals surface area contributed by atoms with Gasteiger partial charge in [0.05, 0.1) is 5.39 Å². The van der Waals surface area contributed by atoms with Crippen molar-refractivity contribution in [2.24, 2.45) is 5.84 Å². The molecule has 0 atom stereocenters. The third kappa shape index (κ3) is 2.15. The molecule has 0 saturated heterocycles. The lowest BCUT2D eigenvalue weighted by atomic mass is 9.99. The monoisotopic (exact) mass is 284 g/mol. The number of fused-ring (bicyclic) bond motifs is 1. The normalized spacial score (nSPS) is 11.2. The Labute approximate surface area is 121 Å². The third-order valence-corrected chi connectivity index (χ3v) is 4.28. The number of anilines is 1. The second-order valence-electron chi connectivity index (χ2n) is 4.97. The summed E-state index contributed by atoms with van der Waals surface area (Å²) >= 11 is 1.60. The zero-order chi connectivity index (χ0) is 14.1. The summed E-state index contributed by atoms with van der Waals surface area (Å²) in [5.74, 6) is 6.75. The Balaban J connectivity index is 2.14. The molecule has 0 amide bonds. The molecule has 0 aliphatic carbocycles. The summed E-state index contributed by atoms with van der Waals surface area (Å²) in [6.07, 6.45) is 1.53. The van der Waals surface area contributed by atoms with Gasteiger partial charge in [-0.15, -0.1) is 11.3 Å². The van der Waals surface area contributed by atoms with E-state index < -0.39 is 0 Å². The highest BCUT2D eigenvalue weighted by molar-refractivity contribution is 7.17. The van der Waals surface area contributed by atoms with Gasteiger partial charge >= 0.3 is 0 Å². The predicted octanol–water partition coefficient (Wildman–Crippen LogP) is 3.77. The molecule has 3 rings (SSSR count). The van der Waals surface area contributed by atoms with Gasteiger partial charge in [0.1, 0.15) is 11.2 Å². The van der Waals surface area contributed by atoms with E-state index in [0.717, 1.165) is 21.3 Å². The van der Waals surface area contributed by atoms with Crippen molar-refractivity contribution < 1.29 is 0 Å². The van der Waals surface area contributed by atoms with E-state index >= 15 is 0 Å². The molecule has 2 heterocycles. The minimum atomic E-state index is 0.535. The van der Waals surface area contributed by atoms with Crippen molar-refractivity contribution in [2.45, 2.75) is 19.8 Å². The van der Waals surface area contributed by atoms with Crippen molar-refractivity contribution in [3.8, 4) is 11.1 Å². The highest BCUT2D eigenvalue weighted by Gasteiger charge is 2.12. The molecule has 4 nitrogen and oxygen atoms in total. The minimum Gasteiger partial charge on any atom is -0.308 e. The van der Waals surface area contributed by atoms with Crippen molar-refractivity contribution in [1.29, 1.82) is 0 Å². The van der Waals surface area contributed by atoms with E-state index in [9.17, 15) is 0 Å². The molecule has 0 unspecified atom stereocenters. The number of hydrazine groups is 1. The molecular formula is C15H16N4S. The van der Waals surface area contributed by atoms with Crippen LogP contribution < -0.4 is 11.3 Å². The van der Waals surface area contributed by atoms with Crippen molar-refractivity contribution in [3.05, 3.63) is 41.5 Å². The van der Waals surface area contributed by atoms with Crippen molar-refractivity contribution in [3.63, 3.8) is 0 Å². The first-order valence-electron chi connectivity index (χ1n) is 6.50. The zero-order valence-electron chi connectivity index (χ0n) is 11.4. The summed E-state index contributed by atoms with van der Waals surface area (Å²) in [5.41, 5.74) is 6.26. The van der Waals surface area contributed by atoms with Crippen LogP contribution in [0.25, 0.3) is 21.3 Å². The molecule has 3 aromatic rings. The molecule has 5 heteroatoms. The van der Waals surface area contributed by atoms with Crippen LogP contribution in [0, 0.1) is 0 Å². The molecule has 0 aliphatic heterocycles. The Morgan fingerprint density at radius 1 is 1.15 bits per heavy atom. The van der Waals surface area contributed by atoms with Gasteiger partial charge < -0.3 is 5.43 Å². The Hall–Kier alpha value is -1.98. The van der Waals surface area contributed by atoms with Crippen LogP contribution >= 0.6 is 11.3 Å². The quantitative estimate of drug-likeness (QED) is 0.567. The topological polar surface area (TPSA) is 63.8 Å². The van der Waals surface area contributed by atoms with E-state index in [1.165, 1.54) is 11.9 Å². The SMILES string of the molecule is CC(C)c1ccc(-c2csc3ncnc(NN)c23)cc1.